The van der Waals surface area contributed by atoms with E-state index in [9.17, 15) is 39.6 Å². The van der Waals surface area contributed by atoms with Crippen molar-refractivity contribution < 1.29 is 39.6 Å². The van der Waals surface area contributed by atoms with Gasteiger partial charge in [-0.15, -0.1) is 0 Å². The summed E-state index contributed by atoms with van der Waals surface area (Å²) in [6.45, 7) is 0. The first-order valence-corrected chi connectivity index (χ1v) is 6.29. The van der Waals surface area contributed by atoms with E-state index in [1.54, 1.807) is 0 Å². The number of rotatable bonds is 4. The zero-order chi connectivity index (χ0) is 18.3. The summed E-state index contributed by atoms with van der Waals surface area (Å²) in [5.41, 5.74) is -1.45. The molecule has 0 unspecified atom stereocenters. The molecule has 0 aromatic heterocycles. The summed E-state index contributed by atoms with van der Waals surface area (Å²) >= 11 is 0. The lowest BCUT2D eigenvalue weighted by Crippen LogP contribution is -2.29. The molecule has 0 spiro atoms. The van der Waals surface area contributed by atoms with Crippen molar-refractivity contribution >= 4 is 23.9 Å². The Labute approximate surface area is 159 Å². The van der Waals surface area contributed by atoms with Crippen LogP contribution in [0.1, 0.15) is 41.4 Å². The van der Waals surface area contributed by atoms with Gasteiger partial charge in [-0.25, -0.2) is 0 Å². The van der Waals surface area contributed by atoms with Crippen LogP contribution in [0.3, 0.4) is 0 Å². The number of quaternary nitrogens is 4. The highest BCUT2D eigenvalue weighted by molar-refractivity contribution is 6.00. The molecule has 0 bridgehead atoms. The molecule has 0 aliphatic heterocycles. The van der Waals surface area contributed by atoms with Crippen LogP contribution < -0.4 is 45.0 Å². The van der Waals surface area contributed by atoms with Gasteiger partial charge in [-0.05, 0) is 0 Å². The van der Waals surface area contributed by atoms with Gasteiger partial charge in [-0.2, -0.15) is 0 Å². The first kappa shape index (κ1) is 31.9. The summed E-state index contributed by atoms with van der Waals surface area (Å²) in [7, 11) is 0. The highest BCUT2D eigenvalue weighted by Gasteiger charge is 2.02. The Bertz CT molecular complexity index is 677. The molecule has 0 saturated carbocycles. The Morgan fingerprint density at radius 3 is 0.679 bits per heavy atom. The summed E-state index contributed by atoms with van der Waals surface area (Å²) < 4.78 is 0. The molecule has 28 heavy (non-hydrogen) atoms. The third kappa shape index (κ3) is 8.50. The smallest absolute Gasteiger partial charge is 0.0721 e. The summed E-state index contributed by atoms with van der Waals surface area (Å²) in [5.74, 6) is -6.07. The molecule has 0 atom stereocenters. The maximum absolute atomic E-state index is 10.3. The maximum atomic E-state index is 10.3. The van der Waals surface area contributed by atoms with Gasteiger partial charge in [0, 0.05) is 22.3 Å². The minimum atomic E-state index is -1.52. The number of carboxylic acid groups (broad SMARTS) is 4. The second-order valence-electron chi connectivity index (χ2n) is 4.24. The van der Waals surface area contributed by atoms with E-state index in [-0.39, 0.29) is 46.9 Å². The van der Waals surface area contributed by atoms with Crippen LogP contribution in [0, 0.1) is 0 Å². The minimum Gasteiger partial charge on any atom is -0.545 e. The first-order valence-electron chi connectivity index (χ1n) is 6.29. The average molecular weight is 400 g/mol. The molecule has 2 rings (SSSR count). The number of hydrogen-bond acceptors (Lipinski definition) is 8. The van der Waals surface area contributed by atoms with Crippen molar-refractivity contribution in [2.24, 2.45) is 0 Å². The molecule has 12 heteroatoms. The SMILES string of the molecule is O=C([O-])c1ccccc1C(=O)[O-].O=C([O-])c1ccccc1C(=O)[O-].[NH4+].[NH4+].[NH4+].[NH4+]. The topological polar surface area (TPSA) is 307 Å². The van der Waals surface area contributed by atoms with Gasteiger partial charge in [0.15, 0.2) is 0 Å². The number of carbonyl (C=O) groups is 4. The quantitative estimate of drug-likeness (QED) is 0.458. The van der Waals surface area contributed by atoms with E-state index in [4.69, 9.17) is 0 Å². The molecule has 12 nitrogen and oxygen atoms in total. The number of carbonyl (C=O) groups excluding carboxylic acids is 4. The Morgan fingerprint density at radius 2 is 0.571 bits per heavy atom. The largest absolute Gasteiger partial charge is 0.545 e. The molecular weight excluding hydrogens is 376 g/mol. The predicted octanol–water partition coefficient (Wildman–Crippen LogP) is -1.67. The Balaban J connectivity index is -0.000000180. The molecule has 2 aromatic rings. The van der Waals surface area contributed by atoms with Crippen LogP contribution >= 0.6 is 0 Å². The molecular formula is C16H24N4O8. The van der Waals surface area contributed by atoms with Crippen LogP contribution in [-0.4, -0.2) is 23.9 Å². The van der Waals surface area contributed by atoms with E-state index in [2.05, 4.69) is 0 Å². The fourth-order valence-electron chi connectivity index (χ4n) is 1.68. The molecule has 156 valence electrons. The predicted molar refractivity (Wildman–Crippen MR) is 94.1 cm³/mol. The second kappa shape index (κ2) is 14.3. The summed E-state index contributed by atoms with van der Waals surface area (Å²) in [6, 6.07) is 10.3. The van der Waals surface area contributed by atoms with Gasteiger partial charge < -0.3 is 64.2 Å². The molecule has 0 fully saturated rings. The van der Waals surface area contributed by atoms with E-state index in [1.807, 2.05) is 0 Å². The van der Waals surface area contributed by atoms with Gasteiger partial charge in [-0.3, -0.25) is 0 Å². The molecule has 0 radical (unpaired) electrons. The average Bonchev–Trinajstić information content (AvgIpc) is 2.55. The number of hydrogen-bond donors (Lipinski definition) is 4. The lowest BCUT2D eigenvalue weighted by atomic mass is 10.1. The van der Waals surface area contributed by atoms with Crippen LogP contribution in [0.4, 0.5) is 0 Å². The lowest BCUT2D eigenvalue weighted by Gasteiger charge is -2.09. The van der Waals surface area contributed by atoms with Crippen molar-refractivity contribution in [1.29, 1.82) is 0 Å². The Morgan fingerprint density at radius 1 is 0.429 bits per heavy atom. The monoisotopic (exact) mass is 400 g/mol. The van der Waals surface area contributed by atoms with Crippen molar-refractivity contribution in [2.45, 2.75) is 0 Å². The van der Waals surface area contributed by atoms with E-state index in [0.29, 0.717) is 0 Å². The van der Waals surface area contributed by atoms with Gasteiger partial charge in [0.2, 0.25) is 0 Å². The van der Waals surface area contributed by atoms with E-state index >= 15 is 0 Å². The number of aromatic carboxylic acids is 4. The standard InChI is InChI=1S/2C8H6O4.4H3N/c2*9-7(10)5-3-1-2-4-6(5)8(11)12;;;;/h2*1-4H,(H,9,10)(H,11,12);4*1H3. The molecule has 0 amide bonds. The van der Waals surface area contributed by atoms with Gasteiger partial charge in [0.1, 0.15) is 0 Å². The van der Waals surface area contributed by atoms with Gasteiger partial charge in [-0.1, -0.05) is 48.5 Å². The zero-order valence-electron chi connectivity index (χ0n) is 15.9. The molecule has 0 aliphatic carbocycles. The van der Waals surface area contributed by atoms with E-state index < -0.39 is 23.9 Å². The van der Waals surface area contributed by atoms with Crippen LogP contribution in [-0.2, 0) is 0 Å². The van der Waals surface area contributed by atoms with E-state index in [1.165, 1.54) is 24.3 Å². The summed E-state index contributed by atoms with van der Waals surface area (Å²) in [6.07, 6.45) is 0. The van der Waals surface area contributed by atoms with Crippen molar-refractivity contribution in [3.63, 3.8) is 0 Å². The van der Waals surface area contributed by atoms with Crippen molar-refractivity contribution in [1.82, 2.24) is 24.6 Å². The van der Waals surface area contributed by atoms with E-state index in [0.717, 1.165) is 24.3 Å². The Hall–Kier alpha value is -3.84. The normalized spacial score (nSPS) is 8.00. The summed E-state index contributed by atoms with van der Waals surface area (Å²) in [4.78, 5) is 41.3. The van der Waals surface area contributed by atoms with Crippen LogP contribution in [0.25, 0.3) is 0 Å². The first-order chi connectivity index (χ1) is 11.3. The zero-order valence-corrected chi connectivity index (χ0v) is 15.9. The van der Waals surface area contributed by atoms with Crippen LogP contribution in [0.2, 0.25) is 0 Å². The van der Waals surface area contributed by atoms with Crippen molar-refractivity contribution in [2.75, 3.05) is 0 Å². The molecule has 0 saturated heterocycles. The third-order valence-corrected chi connectivity index (χ3v) is 2.73. The summed E-state index contributed by atoms with van der Waals surface area (Å²) in [5, 5.41) is 41.3. The fourth-order valence-corrected chi connectivity index (χ4v) is 1.68. The third-order valence-electron chi connectivity index (χ3n) is 2.73. The lowest BCUT2D eigenvalue weighted by molar-refractivity contribution is -0.259. The second-order valence-corrected chi connectivity index (χ2v) is 4.24. The molecule has 0 heterocycles. The number of benzene rings is 2. The van der Waals surface area contributed by atoms with Crippen molar-refractivity contribution in [3.8, 4) is 0 Å². The molecule has 2 aromatic carbocycles. The van der Waals surface area contributed by atoms with Gasteiger partial charge in [0.25, 0.3) is 0 Å². The highest BCUT2D eigenvalue weighted by atomic mass is 16.4. The van der Waals surface area contributed by atoms with Crippen LogP contribution in [0.5, 0.6) is 0 Å². The molecule has 0 aliphatic rings. The molecule has 16 N–H and O–H groups in total. The maximum Gasteiger partial charge on any atom is 0.0721 e. The van der Waals surface area contributed by atoms with Gasteiger partial charge in [0.05, 0.1) is 23.9 Å². The van der Waals surface area contributed by atoms with Crippen LogP contribution in [0.15, 0.2) is 48.5 Å². The highest BCUT2D eigenvalue weighted by Crippen LogP contribution is 2.06. The van der Waals surface area contributed by atoms with Gasteiger partial charge >= 0.3 is 0 Å². The number of carboxylic acids is 4. The Kier molecular flexibility index (Phi) is 16.3. The fraction of sp³-hybridized carbons (Fsp3) is 0. The minimum absolute atomic E-state index is 0. The van der Waals surface area contributed by atoms with Crippen molar-refractivity contribution in [3.05, 3.63) is 70.8 Å².